The van der Waals surface area contributed by atoms with E-state index in [1.54, 1.807) is 0 Å². The van der Waals surface area contributed by atoms with Gasteiger partial charge in [-0.3, -0.25) is 9.69 Å². The van der Waals surface area contributed by atoms with E-state index in [0.717, 1.165) is 32.4 Å². The Labute approximate surface area is 131 Å². The first-order valence-electron chi connectivity index (χ1n) is 7.24. The lowest BCUT2D eigenvalue weighted by molar-refractivity contribution is -0.126. The van der Waals surface area contributed by atoms with Crippen molar-refractivity contribution in [3.8, 4) is 0 Å². The fourth-order valence-electron chi connectivity index (χ4n) is 2.45. The van der Waals surface area contributed by atoms with E-state index in [1.165, 1.54) is 0 Å². The number of piperidine rings is 1. The minimum atomic E-state index is 0. The lowest BCUT2D eigenvalue weighted by Crippen LogP contribution is -2.43. The van der Waals surface area contributed by atoms with Crippen molar-refractivity contribution in [3.63, 3.8) is 0 Å². The van der Waals surface area contributed by atoms with Crippen LogP contribution in [0, 0.1) is 5.92 Å². The van der Waals surface area contributed by atoms with E-state index in [0.29, 0.717) is 31.3 Å². The van der Waals surface area contributed by atoms with E-state index < -0.39 is 0 Å². The monoisotopic (exact) mass is 317 g/mol. The topological polar surface area (TPSA) is 97.3 Å². The van der Waals surface area contributed by atoms with Crippen LogP contribution < -0.4 is 11.1 Å². The van der Waals surface area contributed by atoms with Crippen LogP contribution in [0.15, 0.2) is 4.52 Å². The molecule has 0 aliphatic carbocycles. The number of amides is 1. The van der Waals surface area contributed by atoms with Gasteiger partial charge in [0.25, 0.3) is 0 Å². The number of nitrogens with one attached hydrogen (secondary N) is 1. The predicted molar refractivity (Wildman–Crippen MR) is 81.0 cm³/mol. The van der Waals surface area contributed by atoms with Crippen molar-refractivity contribution in [2.45, 2.75) is 32.7 Å². The van der Waals surface area contributed by atoms with Gasteiger partial charge in [0.15, 0.2) is 5.82 Å². The van der Waals surface area contributed by atoms with Crippen LogP contribution in [0.3, 0.4) is 0 Å². The quantitative estimate of drug-likeness (QED) is 0.785. The molecule has 7 nitrogen and oxygen atoms in total. The highest BCUT2D eigenvalue weighted by Crippen LogP contribution is 2.18. The highest BCUT2D eigenvalue weighted by Gasteiger charge is 2.26. The molecular formula is C13H24ClN5O2. The summed E-state index contributed by atoms with van der Waals surface area (Å²) in [6, 6.07) is 0. The average molecular weight is 318 g/mol. The fourth-order valence-corrected chi connectivity index (χ4v) is 2.45. The Hall–Kier alpha value is -1.18. The van der Waals surface area contributed by atoms with Gasteiger partial charge in [0.2, 0.25) is 11.8 Å². The van der Waals surface area contributed by atoms with Crippen LogP contribution in [0.1, 0.15) is 31.5 Å². The molecule has 1 aromatic heterocycles. The average Bonchev–Trinajstić information content (AvgIpc) is 2.92. The molecule has 21 heavy (non-hydrogen) atoms. The molecule has 120 valence electrons. The first kappa shape index (κ1) is 17.9. The second-order valence-corrected chi connectivity index (χ2v) is 5.11. The lowest BCUT2D eigenvalue weighted by atomic mass is 9.97. The number of halogens is 1. The van der Waals surface area contributed by atoms with Crippen molar-refractivity contribution in [2.24, 2.45) is 11.7 Å². The summed E-state index contributed by atoms with van der Waals surface area (Å²) in [5.74, 6) is 1.49. The predicted octanol–water partition coefficient (Wildman–Crippen LogP) is 0.341. The van der Waals surface area contributed by atoms with Crippen molar-refractivity contribution in [1.29, 1.82) is 0 Å². The summed E-state index contributed by atoms with van der Waals surface area (Å²) in [6.07, 6.45) is 2.69. The van der Waals surface area contributed by atoms with Gasteiger partial charge in [-0.2, -0.15) is 4.98 Å². The summed E-state index contributed by atoms with van der Waals surface area (Å²) in [7, 11) is 0. The van der Waals surface area contributed by atoms with E-state index in [2.05, 4.69) is 20.4 Å². The fraction of sp³-hybridized carbons (Fsp3) is 0.769. The summed E-state index contributed by atoms with van der Waals surface area (Å²) >= 11 is 0. The summed E-state index contributed by atoms with van der Waals surface area (Å²) in [5.41, 5.74) is 5.40. The number of nitrogens with zero attached hydrogens (tertiary/aromatic N) is 3. The molecule has 0 saturated carbocycles. The number of hydrogen-bond acceptors (Lipinski definition) is 6. The molecule has 1 saturated heterocycles. The largest absolute Gasteiger partial charge is 0.355 e. The first-order chi connectivity index (χ1) is 9.72. The molecule has 0 spiro atoms. The maximum Gasteiger partial charge on any atom is 0.226 e. The van der Waals surface area contributed by atoms with Crippen molar-refractivity contribution < 1.29 is 9.32 Å². The Morgan fingerprint density at radius 3 is 3.05 bits per heavy atom. The summed E-state index contributed by atoms with van der Waals surface area (Å²) in [4.78, 5) is 18.5. The maximum absolute atomic E-state index is 12.0. The van der Waals surface area contributed by atoms with E-state index >= 15 is 0 Å². The first-order valence-corrected chi connectivity index (χ1v) is 7.24. The summed E-state index contributed by atoms with van der Waals surface area (Å²) < 4.78 is 5.10. The number of hydrogen-bond donors (Lipinski definition) is 2. The Morgan fingerprint density at radius 1 is 1.57 bits per heavy atom. The third kappa shape index (κ3) is 5.26. The Bertz CT molecular complexity index is 440. The molecule has 2 heterocycles. The normalized spacial score (nSPS) is 19.0. The van der Waals surface area contributed by atoms with Gasteiger partial charge in [-0.15, -0.1) is 12.4 Å². The number of rotatable bonds is 6. The van der Waals surface area contributed by atoms with Crippen molar-refractivity contribution >= 4 is 18.3 Å². The SMILES string of the molecule is CCc1nc(CN2CCCC(C(=O)NCCN)C2)no1.Cl. The van der Waals surface area contributed by atoms with Crippen LogP contribution in [0.4, 0.5) is 0 Å². The molecule has 1 unspecified atom stereocenters. The van der Waals surface area contributed by atoms with Gasteiger partial charge >= 0.3 is 0 Å². The number of carbonyl (C=O) groups is 1. The van der Waals surface area contributed by atoms with E-state index in [1.807, 2.05) is 6.92 Å². The molecule has 1 aliphatic rings. The zero-order valence-electron chi connectivity index (χ0n) is 12.4. The summed E-state index contributed by atoms with van der Waals surface area (Å²) in [5, 5.41) is 6.82. The molecule has 1 aromatic rings. The maximum atomic E-state index is 12.0. The molecule has 0 radical (unpaired) electrons. The molecular weight excluding hydrogens is 294 g/mol. The number of nitrogens with two attached hydrogens (primary N) is 1. The van der Waals surface area contributed by atoms with Crippen molar-refractivity contribution in [1.82, 2.24) is 20.4 Å². The second-order valence-electron chi connectivity index (χ2n) is 5.11. The van der Waals surface area contributed by atoms with E-state index in [4.69, 9.17) is 10.3 Å². The van der Waals surface area contributed by atoms with Crippen LogP contribution in [0.2, 0.25) is 0 Å². The zero-order valence-corrected chi connectivity index (χ0v) is 13.2. The molecule has 1 atom stereocenters. The number of carbonyl (C=O) groups excluding carboxylic acids is 1. The van der Waals surface area contributed by atoms with Crippen LogP contribution in [0.25, 0.3) is 0 Å². The van der Waals surface area contributed by atoms with E-state index in [9.17, 15) is 4.79 Å². The summed E-state index contributed by atoms with van der Waals surface area (Å²) in [6.45, 7) is 5.36. The van der Waals surface area contributed by atoms with Gasteiger partial charge in [-0.1, -0.05) is 12.1 Å². The highest BCUT2D eigenvalue weighted by molar-refractivity contribution is 5.85. The second kappa shape index (κ2) is 8.96. The Balaban J connectivity index is 0.00000220. The van der Waals surface area contributed by atoms with Crippen molar-refractivity contribution in [3.05, 3.63) is 11.7 Å². The molecule has 2 rings (SSSR count). The minimum Gasteiger partial charge on any atom is -0.355 e. The standard InChI is InChI=1S/C13H23N5O2.ClH/c1-2-12-16-11(17-20-12)9-18-7-3-4-10(8-18)13(19)15-6-5-14;/h10H,2-9,14H2,1H3,(H,15,19);1H. The highest BCUT2D eigenvalue weighted by atomic mass is 35.5. The lowest BCUT2D eigenvalue weighted by Gasteiger charge is -2.30. The molecule has 1 fully saturated rings. The van der Waals surface area contributed by atoms with Crippen molar-refractivity contribution in [2.75, 3.05) is 26.2 Å². The van der Waals surface area contributed by atoms with Gasteiger partial charge in [0, 0.05) is 26.1 Å². The van der Waals surface area contributed by atoms with Gasteiger partial charge in [-0.05, 0) is 19.4 Å². The van der Waals surface area contributed by atoms with Crippen LogP contribution in [-0.4, -0.2) is 47.1 Å². The number of aryl methyl sites for hydroxylation is 1. The van der Waals surface area contributed by atoms with Gasteiger partial charge in [-0.25, -0.2) is 0 Å². The van der Waals surface area contributed by atoms with Gasteiger partial charge in [0.05, 0.1) is 12.5 Å². The van der Waals surface area contributed by atoms with Crippen LogP contribution in [0.5, 0.6) is 0 Å². The smallest absolute Gasteiger partial charge is 0.226 e. The molecule has 3 N–H and O–H groups in total. The van der Waals surface area contributed by atoms with Crippen LogP contribution >= 0.6 is 12.4 Å². The number of likely N-dealkylation sites (tertiary alicyclic amines) is 1. The zero-order chi connectivity index (χ0) is 14.4. The molecule has 0 bridgehead atoms. The molecule has 1 aliphatic heterocycles. The van der Waals surface area contributed by atoms with Gasteiger partial charge in [0.1, 0.15) is 0 Å². The Morgan fingerprint density at radius 2 is 2.38 bits per heavy atom. The molecule has 1 amide bonds. The Kier molecular flexibility index (Phi) is 7.63. The van der Waals surface area contributed by atoms with E-state index in [-0.39, 0.29) is 24.2 Å². The number of aromatic nitrogens is 2. The molecule has 0 aromatic carbocycles. The van der Waals surface area contributed by atoms with Crippen LogP contribution in [-0.2, 0) is 17.8 Å². The minimum absolute atomic E-state index is 0. The third-order valence-corrected chi connectivity index (χ3v) is 3.50. The third-order valence-electron chi connectivity index (χ3n) is 3.50. The van der Waals surface area contributed by atoms with Gasteiger partial charge < -0.3 is 15.6 Å². The molecule has 8 heteroatoms.